The molecule has 1 atom stereocenters. The number of amides is 1. The van der Waals surface area contributed by atoms with Crippen molar-refractivity contribution in [2.45, 2.75) is 25.8 Å². The first kappa shape index (κ1) is 11.9. The van der Waals surface area contributed by atoms with Crippen LogP contribution >= 0.6 is 27.3 Å². The van der Waals surface area contributed by atoms with Crippen LogP contribution in [0.1, 0.15) is 24.1 Å². The van der Waals surface area contributed by atoms with E-state index < -0.39 is 0 Å². The van der Waals surface area contributed by atoms with Gasteiger partial charge in [-0.05, 0) is 47.3 Å². The van der Waals surface area contributed by atoms with Gasteiger partial charge < -0.3 is 5.32 Å². The third-order valence-corrected chi connectivity index (χ3v) is 4.33. The monoisotopic (exact) mass is 299 g/mol. The fraction of sp³-hybridized carbons (Fsp3) is 0.417. The summed E-state index contributed by atoms with van der Waals surface area (Å²) < 4.78 is 1.11. The average Bonchev–Trinajstić information content (AvgIpc) is 2.73. The first-order valence-corrected chi connectivity index (χ1v) is 7.03. The van der Waals surface area contributed by atoms with Crippen LogP contribution in [0.2, 0.25) is 0 Å². The normalized spacial score (nSPS) is 19.7. The maximum atomic E-state index is 11.8. The average molecular weight is 300 g/mol. The molecule has 16 heavy (non-hydrogen) atoms. The van der Waals surface area contributed by atoms with Gasteiger partial charge in [-0.3, -0.25) is 4.79 Å². The summed E-state index contributed by atoms with van der Waals surface area (Å²) in [6.45, 7) is 0.648. The fourth-order valence-corrected chi connectivity index (χ4v) is 3.22. The highest BCUT2D eigenvalue weighted by molar-refractivity contribution is 9.11. The van der Waals surface area contributed by atoms with Gasteiger partial charge in [0.15, 0.2) is 0 Å². The Kier molecular flexibility index (Phi) is 4.18. The van der Waals surface area contributed by atoms with Crippen LogP contribution in [0.3, 0.4) is 0 Å². The Labute approximate surface area is 108 Å². The van der Waals surface area contributed by atoms with Gasteiger partial charge in [0.1, 0.15) is 0 Å². The van der Waals surface area contributed by atoms with Crippen molar-refractivity contribution in [2.24, 2.45) is 5.92 Å². The number of hydrogen-bond acceptors (Lipinski definition) is 2. The molecule has 86 valence electrons. The molecule has 0 saturated heterocycles. The molecule has 0 spiro atoms. The van der Waals surface area contributed by atoms with E-state index in [-0.39, 0.29) is 11.8 Å². The van der Waals surface area contributed by atoms with Gasteiger partial charge in [-0.25, -0.2) is 0 Å². The van der Waals surface area contributed by atoms with Crippen LogP contribution in [0.4, 0.5) is 0 Å². The number of allylic oxidation sites excluding steroid dienone is 2. The maximum absolute atomic E-state index is 11.8. The molecule has 1 aliphatic rings. The van der Waals surface area contributed by atoms with Gasteiger partial charge in [0.25, 0.3) is 0 Å². The minimum Gasteiger partial charge on any atom is -0.351 e. The lowest BCUT2D eigenvalue weighted by Crippen LogP contribution is -2.30. The third-order valence-electron chi connectivity index (χ3n) is 2.71. The molecule has 0 unspecified atom stereocenters. The molecule has 1 N–H and O–H groups in total. The van der Waals surface area contributed by atoms with Crippen molar-refractivity contribution in [3.63, 3.8) is 0 Å². The molecule has 1 heterocycles. The predicted octanol–water partition coefficient (Wildman–Crippen LogP) is 3.48. The Balaban J connectivity index is 1.81. The summed E-state index contributed by atoms with van der Waals surface area (Å²) >= 11 is 5.08. The van der Waals surface area contributed by atoms with Gasteiger partial charge in [-0.15, -0.1) is 11.3 Å². The third kappa shape index (κ3) is 3.19. The predicted molar refractivity (Wildman–Crippen MR) is 70.3 cm³/mol. The highest BCUT2D eigenvalue weighted by atomic mass is 79.9. The van der Waals surface area contributed by atoms with Crippen molar-refractivity contribution < 1.29 is 4.79 Å². The van der Waals surface area contributed by atoms with Crippen molar-refractivity contribution >= 4 is 33.2 Å². The van der Waals surface area contributed by atoms with Gasteiger partial charge in [0, 0.05) is 10.8 Å². The van der Waals surface area contributed by atoms with Crippen molar-refractivity contribution in [1.82, 2.24) is 5.32 Å². The molecule has 2 nitrogen and oxygen atoms in total. The van der Waals surface area contributed by atoms with Crippen molar-refractivity contribution in [1.29, 1.82) is 0 Å². The van der Waals surface area contributed by atoms with Gasteiger partial charge in [0.2, 0.25) is 5.91 Å². The largest absolute Gasteiger partial charge is 0.351 e. The van der Waals surface area contributed by atoms with E-state index in [4.69, 9.17) is 0 Å². The van der Waals surface area contributed by atoms with Crippen LogP contribution in [0, 0.1) is 5.92 Å². The Morgan fingerprint density at radius 2 is 2.38 bits per heavy atom. The Hall–Kier alpha value is -0.610. The number of thiophene rings is 1. The highest BCUT2D eigenvalue weighted by Gasteiger charge is 2.18. The van der Waals surface area contributed by atoms with E-state index in [2.05, 4.69) is 33.4 Å². The van der Waals surface area contributed by atoms with Crippen LogP contribution in [-0.2, 0) is 11.3 Å². The molecule has 0 radical (unpaired) electrons. The zero-order chi connectivity index (χ0) is 11.4. The summed E-state index contributed by atoms with van der Waals surface area (Å²) in [4.78, 5) is 13.0. The second-order valence-electron chi connectivity index (χ2n) is 3.91. The van der Waals surface area contributed by atoms with E-state index >= 15 is 0 Å². The molecule has 0 saturated carbocycles. The van der Waals surface area contributed by atoms with Crippen LogP contribution < -0.4 is 5.32 Å². The zero-order valence-electron chi connectivity index (χ0n) is 8.91. The SMILES string of the molecule is O=C(NCc1ccc(Br)s1)[C@@H]1CC=CCC1. The number of hydrogen-bond donors (Lipinski definition) is 1. The second kappa shape index (κ2) is 5.64. The minimum atomic E-state index is 0.174. The first-order chi connectivity index (χ1) is 7.75. The van der Waals surface area contributed by atoms with Gasteiger partial charge >= 0.3 is 0 Å². The summed E-state index contributed by atoms with van der Waals surface area (Å²) in [6, 6.07) is 4.05. The number of rotatable bonds is 3. The first-order valence-electron chi connectivity index (χ1n) is 5.42. The number of carbonyl (C=O) groups is 1. The molecule has 0 aliphatic heterocycles. The van der Waals surface area contributed by atoms with Gasteiger partial charge in [-0.1, -0.05) is 12.2 Å². The summed E-state index contributed by atoms with van der Waals surface area (Å²) in [5, 5.41) is 3.00. The molecule has 1 aromatic heterocycles. The minimum absolute atomic E-state index is 0.174. The second-order valence-corrected chi connectivity index (χ2v) is 6.45. The standard InChI is InChI=1S/C12H14BrNOS/c13-11-7-6-10(16-11)8-14-12(15)9-4-2-1-3-5-9/h1-2,6-7,9H,3-5,8H2,(H,14,15)/t9-/m1/s1. The molecule has 0 fully saturated rings. The zero-order valence-corrected chi connectivity index (χ0v) is 11.3. The molecular formula is C12H14BrNOS. The fourth-order valence-electron chi connectivity index (χ4n) is 1.80. The van der Waals surface area contributed by atoms with Crippen molar-refractivity contribution in [3.05, 3.63) is 32.9 Å². The molecule has 4 heteroatoms. The lowest BCUT2D eigenvalue weighted by atomic mass is 9.94. The van der Waals surface area contributed by atoms with Crippen molar-refractivity contribution in [3.8, 4) is 0 Å². The molecule has 2 rings (SSSR count). The quantitative estimate of drug-likeness (QED) is 0.851. The topological polar surface area (TPSA) is 29.1 Å². The summed E-state index contributed by atoms with van der Waals surface area (Å²) in [6.07, 6.45) is 7.16. The lowest BCUT2D eigenvalue weighted by Gasteiger charge is -2.16. The summed E-state index contributed by atoms with van der Waals surface area (Å²) in [7, 11) is 0. The van der Waals surface area contributed by atoms with E-state index in [1.807, 2.05) is 12.1 Å². The molecule has 1 aliphatic carbocycles. The van der Waals surface area contributed by atoms with E-state index in [1.165, 1.54) is 4.88 Å². The smallest absolute Gasteiger partial charge is 0.223 e. The highest BCUT2D eigenvalue weighted by Crippen LogP contribution is 2.22. The van der Waals surface area contributed by atoms with Crippen LogP contribution in [0.5, 0.6) is 0 Å². The maximum Gasteiger partial charge on any atom is 0.223 e. The van der Waals surface area contributed by atoms with E-state index in [0.717, 1.165) is 23.0 Å². The number of carbonyl (C=O) groups excluding carboxylic acids is 1. The number of nitrogens with one attached hydrogen (secondary N) is 1. The van der Waals surface area contributed by atoms with Gasteiger partial charge in [-0.2, -0.15) is 0 Å². The lowest BCUT2D eigenvalue weighted by molar-refractivity contribution is -0.125. The molecule has 1 amide bonds. The van der Waals surface area contributed by atoms with Crippen LogP contribution in [-0.4, -0.2) is 5.91 Å². The molecule has 0 bridgehead atoms. The molecule has 1 aromatic rings. The van der Waals surface area contributed by atoms with E-state index in [1.54, 1.807) is 11.3 Å². The van der Waals surface area contributed by atoms with E-state index in [0.29, 0.717) is 6.54 Å². The Morgan fingerprint density at radius 3 is 3.00 bits per heavy atom. The molecular weight excluding hydrogens is 286 g/mol. The summed E-state index contributed by atoms with van der Waals surface area (Å²) in [5.41, 5.74) is 0. The van der Waals surface area contributed by atoms with Crippen LogP contribution in [0.25, 0.3) is 0 Å². The number of halogens is 1. The Morgan fingerprint density at radius 1 is 1.50 bits per heavy atom. The van der Waals surface area contributed by atoms with Crippen molar-refractivity contribution in [2.75, 3.05) is 0 Å². The van der Waals surface area contributed by atoms with Gasteiger partial charge in [0.05, 0.1) is 10.3 Å². The van der Waals surface area contributed by atoms with Crippen LogP contribution in [0.15, 0.2) is 28.1 Å². The Bertz CT molecular complexity index is 399. The van der Waals surface area contributed by atoms with E-state index in [9.17, 15) is 4.79 Å². The summed E-state index contributed by atoms with van der Waals surface area (Å²) in [5.74, 6) is 0.363. The molecule has 0 aromatic carbocycles.